The fourth-order valence-corrected chi connectivity index (χ4v) is 3.43. The van der Waals surface area contributed by atoms with Crippen LogP contribution >= 0.6 is 0 Å². The number of urea groups is 1. The highest BCUT2D eigenvalue weighted by molar-refractivity contribution is 5.74. The summed E-state index contributed by atoms with van der Waals surface area (Å²) in [5, 5.41) is 2.94. The van der Waals surface area contributed by atoms with E-state index in [9.17, 15) is 13.6 Å². The molecule has 2 amide bonds. The monoisotopic (exact) mass is 424 g/mol. The second kappa shape index (κ2) is 9.51. The molecule has 160 valence electrons. The smallest absolute Gasteiger partial charge is 0.317 e. The van der Waals surface area contributed by atoms with Gasteiger partial charge in [0.25, 0.3) is 0 Å². The molecule has 3 aromatic rings. The molecule has 31 heavy (non-hydrogen) atoms. The summed E-state index contributed by atoms with van der Waals surface area (Å²) >= 11 is 0. The van der Waals surface area contributed by atoms with Crippen LogP contribution in [0.3, 0.4) is 0 Å². The molecule has 6 nitrogen and oxygen atoms in total. The van der Waals surface area contributed by atoms with Gasteiger partial charge in [0.15, 0.2) is 5.82 Å². The van der Waals surface area contributed by atoms with Crippen molar-refractivity contribution in [2.24, 2.45) is 0 Å². The lowest BCUT2D eigenvalue weighted by molar-refractivity contribution is 0.103. The summed E-state index contributed by atoms with van der Waals surface area (Å²) in [6, 6.07) is 14.2. The summed E-state index contributed by atoms with van der Waals surface area (Å²) in [4.78, 5) is 21.8. The molecule has 0 atom stereocenters. The zero-order chi connectivity index (χ0) is 21.6. The summed E-state index contributed by atoms with van der Waals surface area (Å²) in [6.45, 7) is 1.53. The number of piperidine rings is 1. The van der Waals surface area contributed by atoms with Gasteiger partial charge in [-0.3, -0.25) is 0 Å². The van der Waals surface area contributed by atoms with Crippen LogP contribution in [0, 0.1) is 11.6 Å². The van der Waals surface area contributed by atoms with Gasteiger partial charge in [0.05, 0.1) is 12.4 Å². The highest BCUT2D eigenvalue weighted by atomic mass is 19.1. The Labute approximate surface area is 178 Å². The number of carbonyl (C=O) groups excluding carboxylic acids is 1. The van der Waals surface area contributed by atoms with E-state index < -0.39 is 5.82 Å². The predicted octanol–water partition coefficient (Wildman–Crippen LogP) is 4.17. The lowest BCUT2D eigenvalue weighted by Gasteiger charge is -2.31. The van der Waals surface area contributed by atoms with Gasteiger partial charge in [-0.05, 0) is 28.8 Å². The largest absolute Gasteiger partial charge is 0.460 e. The third kappa shape index (κ3) is 5.53. The Morgan fingerprint density at radius 1 is 0.935 bits per heavy atom. The van der Waals surface area contributed by atoms with Crippen LogP contribution in [0.4, 0.5) is 13.6 Å². The molecule has 2 aromatic carbocycles. The third-order valence-corrected chi connectivity index (χ3v) is 5.17. The first kappa shape index (κ1) is 20.7. The zero-order valence-electron chi connectivity index (χ0n) is 16.8. The molecular formula is C23H22F2N4O2. The van der Waals surface area contributed by atoms with Gasteiger partial charge in [0.1, 0.15) is 11.9 Å². The normalized spacial score (nSPS) is 14.3. The van der Waals surface area contributed by atoms with Crippen LogP contribution in [0.25, 0.3) is 11.1 Å². The van der Waals surface area contributed by atoms with Crippen LogP contribution in [0.2, 0.25) is 0 Å². The minimum atomic E-state index is -0.510. The summed E-state index contributed by atoms with van der Waals surface area (Å²) in [6.07, 6.45) is 3.34. The van der Waals surface area contributed by atoms with Gasteiger partial charge in [0, 0.05) is 32.5 Å². The van der Waals surface area contributed by atoms with E-state index in [4.69, 9.17) is 4.74 Å². The van der Waals surface area contributed by atoms with E-state index in [1.807, 2.05) is 24.3 Å². The molecule has 1 saturated heterocycles. The molecule has 1 fully saturated rings. The molecule has 1 aromatic heterocycles. The van der Waals surface area contributed by atoms with Crippen LogP contribution in [-0.4, -0.2) is 40.1 Å². The molecule has 0 spiro atoms. The first-order chi connectivity index (χ1) is 15.1. The number of nitrogens with one attached hydrogen (secondary N) is 1. The Bertz CT molecular complexity index is 1000. The summed E-state index contributed by atoms with van der Waals surface area (Å²) < 4.78 is 31.6. The van der Waals surface area contributed by atoms with Gasteiger partial charge < -0.3 is 15.0 Å². The molecule has 0 aliphatic carbocycles. The van der Waals surface area contributed by atoms with Crippen molar-refractivity contribution in [3.05, 3.63) is 78.1 Å². The number of amides is 2. The van der Waals surface area contributed by atoms with E-state index in [-0.39, 0.29) is 24.0 Å². The van der Waals surface area contributed by atoms with Crippen LogP contribution in [-0.2, 0) is 6.54 Å². The minimum absolute atomic E-state index is 0.103. The van der Waals surface area contributed by atoms with Crippen LogP contribution < -0.4 is 10.1 Å². The van der Waals surface area contributed by atoms with Crippen LogP contribution in [0.5, 0.6) is 6.01 Å². The molecule has 2 heterocycles. The number of halogens is 2. The van der Waals surface area contributed by atoms with Gasteiger partial charge in [-0.1, -0.05) is 36.4 Å². The number of nitrogens with zero attached hydrogens (tertiary/aromatic N) is 3. The SMILES string of the molecule is O=C(NCc1ccc(-c2ccc(F)cc2)cc1)N1CCC(Oc2ncc(F)cn2)CC1. The average molecular weight is 424 g/mol. The Balaban J connectivity index is 1.23. The van der Waals surface area contributed by atoms with Crippen molar-refractivity contribution in [2.45, 2.75) is 25.5 Å². The number of carbonyl (C=O) groups is 1. The second-order valence-electron chi connectivity index (χ2n) is 7.35. The van der Waals surface area contributed by atoms with Gasteiger partial charge in [0.2, 0.25) is 0 Å². The summed E-state index contributed by atoms with van der Waals surface area (Å²) in [5.74, 6) is -0.772. The number of hydrogen-bond acceptors (Lipinski definition) is 4. The summed E-state index contributed by atoms with van der Waals surface area (Å²) in [7, 11) is 0. The number of ether oxygens (including phenoxy) is 1. The fourth-order valence-electron chi connectivity index (χ4n) is 3.43. The second-order valence-corrected chi connectivity index (χ2v) is 7.35. The average Bonchev–Trinajstić information content (AvgIpc) is 2.80. The first-order valence-electron chi connectivity index (χ1n) is 10.1. The minimum Gasteiger partial charge on any atom is -0.460 e. The van der Waals surface area contributed by atoms with Gasteiger partial charge >= 0.3 is 12.0 Å². The van der Waals surface area contributed by atoms with Crippen molar-refractivity contribution in [2.75, 3.05) is 13.1 Å². The van der Waals surface area contributed by atoms with E-state index in [1.54, 1.807) is 17.0 Å². The van der Waals surface area contributed by atoms with Crippen molar-refractivity contribution < 1.29 is 18.3 Å². The van der Waals surface area contributed by atoms with Crippen LogP contribution in [0.1, 0.15) is 18.4 Å². The molecule has 0 radical (unpaired) electrons. The standard InChI is InChI=1S/C23H22F2N4O2/c24-19-7-5-18(6-8-19)17-3-1-16(2-4-17)13-28-23(30)29-11-9-21(10-12-29)31-22-26-14-20(25)15-27-22/h1-8,14-15,21H,9-13H2,(H,28,30). The van der Waals surface area contributed by atoms with Crippen molar-refractivity contribution in [3.8, 4) is 17.1 Å². The first-order valence-corrected chi connectivity index (χ1v) is 10.1. The highest BCUT2D eigenvalue weighted by Crippen LogP contribution is 2.20. The molecule has 8 heteroatoms. The molecule has 1 aliphatic heterocycles. The van der Waals surface area contributed by atoms with Crippen molar-refractivity contribution >= 4 is 6.03 Å². The van der Waals surface area contributed by atoms with E-state index in [2.05, 4.69) is 15.3 Å². The zero-order valence-corrected chi connectivity index (χ0v) is 16.8. The molecule has 4 rings (SSSR count). The van der Waals surface area contributed by atoms with Gasteiger partial charge in [-0.15, -0.1) is 0 Å². The number of rotatable bonds is 5. The topological polar surface area (TPSA) is 67.4 Å². The number of hydrogen-bond donors (Lipinski definition) is 1. The van der Waals surface area contributed by atoms with E-state index in [1.165, 1.54) is 12.1 Å². The van der Waals surface area contributed by atoms with Gasteiger partial charge in [-0.2, -0.15) is 0 Å². The molecule has 0 unspecified atom stereocenters. The number of benzene rings is 2. The Morgan fingerprint density at radius 2 is 1.52 bits per heavy atom. The van der Waals surface area contributed by atoms with Crippen molar-refractivity contribution in [1.82, 2.24) is 20.2 Å². The Kier molecular flexibility index (Phi) is 6.35. The maximum Gasteiger partial charge on any atom is 0.317 e. The lowest BCUT2D eigenvalue weighted by atomic mass is 10.0. The number of aromatic nitrogens is 2. The maximum atomic E-state index is 13.1. The molecule has 1 N–H and O–H groups in total. The molecule has 0 saturated carbocycles. The van der Waals surface area contributed by atoms with Crippen molar-refractivity contribution in [3.63, 3.8) is 0 Å². The molecule has 0 bridgehead atoms. The highest BCUT2D eigenvalue weighted by Gasteiger charge is 2.24. The summed E-state index contributed by atoms with van der Waals surface area (Å²) in [5.41, 5.74) is 2.90. The molecule has 1 aliphatic rings. The van der Waals surface area contributed by atoms with E-state index in [0.29, 0.717) is 32.5 Å². The van der Waals surface area contributed by atoms with E-state index in [0.717, 1.165) is 29.1 Å². The lowest BCUT2D eigenvalue weighted by Crippen LogP contribution is -2.46. The maximum absolute atomic E-state index is 13.1. The van der Waals surface area contributed by atoms with Crippen LogP contribution in [0.15, 0.2) is 60.9 Å². The van der Waals surface area contributed by atoms with E-state index >= 15 is 0 Å². The Morgan fingerprint density at radius 3 is 2.13 bits per heavy atom. The fraction of sp³-hybridized carbons (Fsp3) is 0.261. The van der Waals surface area contributed by atoms with Gasteiger partial charge in [-0.25, -0.2) is 23.5 Å². The third-order valence-electron chi connectivity index (χ3n) is 5.17. The molecular weight excluding hydrogens is 402 g/mol. The predicted molar refractivity (Wildman–Crippen MR) is 111 cm³/mol. The Hall–Kier alpha value is -3.55. The van der Waals surface area contributed by atoms with Crippen molar-refractivity contribution in [1.29, 1.82) is 0 Å². The quantitative estimate of drug-likeness (QED) is 0.668. The number of likely N-dealkylation sites (tertiary alicyclic amines) is 1.